The van der Waals surface area contributed by atoms with Crippen molar-refractivity contribution in [2.75, 3.05) is 13.1 Å². The van der Waals surface area contributed by atoms with Gasteiger partial charge >= 0.3 is 6.03 Å². The first-order chi connectivity index (χ1) is 13.4. The zero-order valence-electron chi connectivity index (χ0n) is 16.1. The Kier molecular flexibility index (Phi) is 4.86. The number of nitrogens with one attached hydrogen (secondary N) is 2. The third-order valence-corrected chi connectivity index (χ3v) is 6.93. The van der Waals surface area contributed by atoms with Crippen LogP contribution in [0.3, 0.4) is 0 Å². The number of hydrogen-bond donors (Lipinski definition) is 2. The Morgan fingerprint density at radius 2 is 1.89 bits per heavy atom. The van der Waals surface area contributed by atoms with Crippen molar-refractivity contribution < 1.29 is 14.4 Å². The lowest BCUT2D eigenvalue weighted by Crippen LogP contribution is -2.50. The van der Waals surface area contributed by atoms with Crippen LogP contribution in [0, 0.1) is 5.92 Å². The van der Waals surface area contributed by atoms with E-state index < -0.39 is 11.6 Å². The molecule has 28 heavy (non-hydrogen) atoms. The molecule has 0 radical (unpaired) electrons. The van der Waals surface area contributed by atoms with Gasteiger partial charge in [0, 0.05) is 17.0 Å². The van der Waals surface area contributed by atoms with Gasteiger partial charge in [0.05, 0.1) is 0 Å². The maximum Gasteiger partial charge on any atom is 0.325 e. The molecule has 1 aromatic carbocycles. The Labute approximate surface area is 170 Å². The summed E-state index contributed by atoms with van der Waals surface area (Å²) in [4.78, 5) is 38.8. The topological polar surface area (TPSA) is 78.5 Å². The van der Waals surface area contributed by atoms with Crippen molar-refractivity contribution >= 4 is 29.4 Å². The minimum absolute atomic E-state index is 0.133. The number of rotatable bonds is 5. The van der Waals surface area contributed by atoms with Crippen molar-refractivity contribution in [3.05, 3.63) is 34.9 Å². The summed E-state index contributed by atoms with van der Waals surface area (Å²) >= 11 is 6.31. The first-order valence-corrected chi connectivity index (χ1v) is 10.4. The van der Waals surface area contributed by atoms with Gasteiger partial charge in [0.2, 0.25) is 5.91 Å². The van der Waals surface area contributed by atoms with Crippen molar-refractivity contribution in [1.82, 2.24) is 15.5 Å². The third kappa shape index (κ3) is 3.39. The summed E-state index contributed by atoms with van der Waals surface area (Å²) in [7, 11) is 0. The van der Waals surface area contributed by atoms with Gasteiger partial charge in [-0.15, -0.1) is 0 Å². The van der Waals surface area contributed by atoms with Gasteiger partial charge in [0.1, 0.15) is 12.1 Å². The molecular formula is C21H26ClN3O3. The molecule has 6 nitrogen and oxygen atoms in total. The highest BCUT2D eigenvalue weighted by atomic mass is 35.5. The normalized spacial score (nSPS) is 28.4. The lowest BCUT2D eigenvalue weighted by atomic mass is 9.77. The molecule has 0 unspecified atom stereocenters. The molecule has 2 N–H and O–H groups in total. The number of imide groups is 1. The van der Waals surface area contributed by atoms with Crippen molar-refractivity contribution in [1.29, 1.82) is 0 Å². The van der Waals surface area contributed by atoms with Crippen LogP contribution in [0.1, 0.15) is 51.0 Å². The molecule has 7 heteroatoms. The predicted octanol–water partition coefficient (Wildman–Crippen LogP) is 2.99. The molecule has 4 amide bonds. The Hall–Kier alpha value is -2.08. The molecule has 1 aliphatic heterocycles. The fourth-order valence-electron chi connectivity index (χ4n) is 4.46. The fourth-order valence-corrected chi connectivity index (χ4v) is 4.80. The van der Waals surface area contributed by atoms with Crippen LogP contribution in [0.25, 0.3) is 0 Å². The van der Waals surface area contributed by atoms with Crippen LogP contribution >= 0.6 is 11.6 Å². The predicted molar refractivity (Wildman–Crippen MR) is 106 cm³/mol. The number of nitrogens with zero attached hydrogens (tertiary/aromatic N) is 1. The van der Waals surface area contributed by atoms with E-state index in [1.807, 2.05) is 24.3 Å². The molecule has 150 valence electrons. The first kappa shape index (κ1) is 19.2. The van der Waals surface area contributed by atoms with E-state index in [1.54, 1.807) is 0 Å². The van der Waals surface area contributed by atoms with Gasteiger partial charge < -0.3 is 10.6 Å². The zero-order valence-corrected chi connectivity index (χ0v) is 16.8. The number of urea groups is 1. The van der Waals surface area contributed by atoms with E-state index in [4.69, 9.17) is 11.6 Å². The van der Waals surface area contributed by atoms with Gasteiger partial charge in [-0.1, -0.05) is 36.7 Å². The van der Waals surface area contributed by atoms with Gasteiger partial charge in [0.25, 0.3) is 5.91 Å². The quantitative estimate of drug-likeness (QED) is 0.742. The number of halogens is 1. The van der Waals surface area contributed by atoms with E-state index in [-0.39, 0.29) is 23.8 Å². The van der Waals surface area contributed by atoms with Crippen LogP contribution in [0.5, 0.6) is 0 Å². The molecule has 1 saturated heterocycles. The summed E-state index contributed by atoms with van der Waals surface area (Å²) < 4.78 is 0. The van der Waals surface area contributed by atoms with E-state index in [1.165, 1.54) is 0 Å². The standard InChI is InChI=1S/C21H26ClN3O3/c1-14-6-8-21(9-7-14)18(27)25(19(28)24-21)12-17(26)23-13-20(10-11-20)15-4-2-3-5-16(15)22/h2-5,14H,6-13H2,1H3,(H,23,26)(H,24,28). The molecule has 3 fully saturated rings. The van der Waals surface area contributed by atoms with Crippen molar-refractivity contribution in [3.63, 3.8) is 0 Å². The Balaban J connectivity index is 1.36. The Morgan fingerprint density at radius 1 is 1.21 bits per heavy atom. The van der Waals surface area contributed by atoms with Crippen molar-refractivity contribution in [2.45, 2.75) is 56.4 Å². The molecule has 0 bridgehead atoms. The number of benzene rings is 1. The van der Waals surface area contributed by atoms with E-state index in [0.29, 0.717) is 30.3 Å². The summed E-state index contributed by atoms with van der Waals surface area (Å²) in [6, 6.07) is 7.23. The second-order valence-electron chi connectivity index (χ2n) is 8.62. The number of carbonyl (C=O) groups is 3. The summed E-state index contributed by atoms with van der Waals surface area (Å²) in [6.45, 7) is 2.38. The van der Waals surface area contributed by atoms with E-state index in [2.05, 4.69) is 17.6 Å². The first-order valence-electron chi connectivity index (χ1n) is 10.0. The van der Waals surface area contributed by atoms with Crippen LogP contribution < -0.4 is 10.6 Å². The zero-order chi connectivity index (χ0) is 19.9. The van der Waals surface area contributed by atoms with E-state index >= 15 is 0 Å². The summed E-state index contributed by atoms with van der Waals surface area (Å²) in [6.07, 6.45) is 5.03. The van der Waals surface area contributed by atoms with E-state index in [9.17, 15) is 14.4 Å². The number of hydrogen-bond acceptors (Lipinski definition) is 3. The summed E-state index contributed by atoms with van der Waals surface area (Å²) in [5, 5.41) is 6.46. The van der Waals surface area contributed by atoms with E-state index in [0.717, 1.165) is 36.1 Å². The van der Waals surface area contributed by atoms with Gasteiger partial charge in [-0.25, -0.2) is 4.79 Å². The molecule has 3 aliphatic rings. The highest BCUT2D eigenvalue weighted by molar-refractivity contribution is 6.31. The number of carbonyl (C=O) groups excluding carboxylic acids is 3. The second-order valence-corrected chi connectivity index (χ2v) is 9.03. The average Bonchev–Trinajstić information content (AvgIpc) is 3.43. The van der Waals surface area contributed by atoms with Gasteiger partial charge in [-0.05, 0) is 56.1 Å². The van der Waals surface area contributed by atoms with Crippen molar-refractivity contribution in [2.24, 2.45) is 5.92 Å². The highest BCUT2D eigenvalue weighted by Crippen LogP contribution is 2.49. The lowest BCUT2D eigenvalue weighted by Gasteiger charge is -2.33. The molecule has 1 aromatic rings. The fraction of sp³-hybridized carbons (Fsp3) is 0.571. The Morgan fingerprint density at radius 3 is 2.54 bits per heavy atom. The number of amides is 4. The van der Waals surface area contributed by atoms with Crippen LogP contribution in [0.2, 0.25) is 5.02 Å². The maximum absolute atomic E-state index is 12.9. The molecule has 0 atom stereocenters. The smallest absolute Gasteiger partial charge is 0.325 e. The molecule has 2 aliphatic carbocycles. The molecular weight excluding hydrogens is 378 g/mol. The third-order valence-electron chi connectivity index (χ3n) is 6.60. The lowest BCUT2D eigenvalue weighted by molar-refractivity contribution is -0.136. The molecule has 2 saturated carbocycles. The minimum Gasteiger partial charge on any atom is -0.354 e. The molecule has 1 heterocycles. The summed E-state index contributed by atoms with van der Waals surface area (Å²) in [5.74, 6) is -0.0120. The Bertz CT molecular complexity index is 813. The van der Waals surface area contributed by atoms with Gasteiger partial charge in [0.15, 0.2) is 0 Å². The highest BCUT2D eigenvalue weighted by Gasteiger charge is 2.52. The maximum atomic E-state index is 12.9. The largest absolute Gasteiger partial charge is 0.354 e. The van der Waals surface area contributed by atoms with Gasteiger partial charge in [-0.3, -0.25) is 14.5 Å². The van der Waals surface area contributed by atoms with Crippen LogP contribution in [0.15, 0.2) is 24.3 Å². The molecule has 0 aromatic heterocycles. The molecule has 1 spiro atoms. The monoisotopic (exact) mass is 403 g/mol. The van der Waals surface area contributed by atoms with Crippen LogP contribution in [0.4, 0.5) is 4.79 Å². The minimum atomic E-state index is -0.806. The summed E-state index contributed by atoms with van der Waals surface area (Å²) in [5.41, 5.74) is 0.104. The SMILES string of the molecule is CC1CCC2(CC1)NC(=O)N(CC(=O)NCC1(c3ccccc3Cl)CC1)C2=O. The average molecular weight is 404 g/mol. The van der Waals surface area contributed by atoms with Crippen LogP contribution in [-0.2, 0) is 15.0 Å². The second kappa shape index (κ2) is 7.07. The van der Waals surface area contributed by atoms with Gasteiger partial charge in [-0.2, -0.15) is 0 Å². The van der Waals surface area contributed by atoms with Crippen molar-refractivity contribution in [3.8, 4) is 0 Å². The van der Waals surface area contributed by atoms with Crippen LogP contribution in [-0.4, -0.2) is 41.4 Å². The molecule has 4 rings (SSSR count).